The maximum absolute atomic E-state index is 10.0. The van der Waals surface area contributed by atoms with Crippen molar-refractivity contribution < 1.29 is 5.11 Å². The number of fused-ring (bicyclic) bond motifs is 1. The number of rotatable bonds is 8. The van der Waals surface area contributed by atoms with Gasteiger partial charge in [-0.1, -0.05) is 13.3 Å². The topological polar surface area (TPSA) is 104 Å². The highest BCUT2D eigenvalue weighted by atomic mass is 16.3. The van der Waals surface area contributed by atoms with E-state index in [4.69, 9.17) is 4.98 Å². The number of piperazine rings is 1. The molecule has 1 saturated carbocycles. The number of hydrogen-bond acceptors (Lipinski definition) is 8. The van der Waals surface area contributed by atoms with Gasteiger partial charge in [0.25, 0.3) is 0 Å². The molecule has 0 aromatic carbocycles. The number of nitrogens with zero attached hydrogens (tertiary/aromatic N) is 6. The molecule has 34 heavy (non-hydrogen) atoms. The van der Waals surface area contributed by atoms with Crippen LogP contribution in [0.5, 0.6) is 0 Å². The lowest BCUT2D eigenvalue weighted by Crippen LogP contribution is -2.43. The zero-order chi connectivity index (χ0) is 23.3. The van der Waals surface area contributed by atoms with Crippen molar-refractivity contribution in [1.29, 1.82) is 0 Å². The number of aliphatic hydroxyl groups is 1. The molecule has 2 fully saturated rings. The zero-order valence-electron chi connectivity index (χ0n) is 20.1. The first-order valence-corrected chi connectivity index (χ1v) is 12.8. The quantitative estimate of drug-likeness (QED) is 0.437. The second-order valence-corrected chi connectivity index (χ2v) is 9.56. The molecule has 0 radical (unpaired) electrons. The Morgan fingerprint density at radius 1 is 1.12 bits per heavy atom. The lowest BCUT2D eigenvalue weighted by Gasteiger charge is -2.27. The maximum Gasteiger partial charge on any atom is 0.224 e. The van der Waals surface area contributed by atoms with Gasteiger partial charge in [-0.3, -0.25) is 4.90 Å². The summed E-state index contributed by atoms with van der Waals surface area (Å²) < 4.78 is 2.28. The number of aromatic nitrogens is 5. The van der Waals surface area contributed by atoms with E-state index in [1.54, 1.807) is 0 Å². The van der Waals surface area contributed by atoms with Gasteiger partial charge in [0.1, 0.15) is 5.65 Å². The highest BCUT2D eigenvalue weighted by molar-refractivity contribution is 5.93. The molecule has 4 heterocycles. The number of anilines is 1. The van der Waals surface area contributed by atoms with Crippen molar-refractivity contribution in [2.24, 2.45) is 0 Å². The Hall–Kier alpha value is -2.62. The molecular weight excluding hydrogens is 428 g/mol. The summed E-state index contributed by atoms with van der Waals surface area (Å²) >= 11 is 0. The summed E-state index contributed by atoms with van der Waals surface area (Å²) in [7, 11) is 0. The SMILES string of the molecule is CCCCNc1ncc2c(-c3ccc(CN4CCNCC4)nn3)cn([C@H]3CC[C@H](O)CC3)c2n1. The molecule has 5 rings (SSSR count). The summed E-state index contributed by atoms with van der Waals surface area (Å²) in [6.07, 6.45) is 9.65. The second-order valence-electron chi connectivity index (χ2n) is 9.56. The van der Waals surface area contributed by atoms with Crippen LogP contribution in [0.1, 0.15) is 57.2 Å². The van der Waals surface area contributed by atoms with Crippen LogP contribution >= 0.6 is 0 Å². The molecule has 1 aliphatic heterocycles. The third-order valence-electron chi connectivity index (χ3n) is 7.04. The van der Waals surface area contributed by atoms with Gasteiger partial charge in [0.2, 0.25) is 5.95 Å². The third-order valence-corrected chi connectivity index (χ3v) is 7.04. The third kappa shape index (κ3) is 5.21. The number of unbranched alkanes of at least 4 members (excludes halogenated alkanes) is 1. The Kier molecular flexibility index (Phi) is 7.32. The standard InChI is InChI=1S/C25H36N8O/c1-2-3-10-27-25-28-15-21-22(17-33(24(21)29-25)19-5-7-20(34)8-6-19)23-9-4-18(30-31-23)16-32-13-11-26-12-14-32/h4,9,15,17,19-20,26,34H,2-3,5-8,10-14,16H2,1H3,(H,27,28,29)/t19-,20-. The van der Waals surface area contributed by atoms with Crippen molar-refractivity contribution in [2.45, 2.75) is 64.1 Å². The first-order valence-electron chi connectivity index (χ1n) is 12.8. The average molecular weight is 465 g/mol. The largest absolute Gasteiger partial charge is 0.393 e. The summed E-state index contributed by atoms with van der Waals surface area (Å²) in [5.74, 6) is 0.667. The van der Waals surface area contributed by atoms with E-state index in [0.717, 1.165) is 106 Å². The minimum atomic E-state index is -0.187. The zero-order valence-corrected chi connectivity index (χ0v) is 20.1. The van der Waals surface area contributed by atoms with Gasteiger partial charge in [0, 0.05) is 68.7 Å². The van der Waals surface area contributed by atoms with Crippen molar-refractivity contribution in [3.05, 3.63) is 30.2 Å². The van der Waals surface area contributed by atoms with Crippen molar-refractivity contribution in [3.8, 4) is 11.3 Å². The summed E-state index contributed by atoms with van der Waals surface area (Å²) in [6, 6.07) is 4.48. The predicted molar refractivity (Wildman–Crippen MR) is 134 cm³/mol. The molecule has 1 aliphatic carbocycles. The molecular formula is C25H36N8O. The second kappa shape index (κ2) is 10.8. The van der Waals surface area contributed by atoms with Crippen LogP contribution in [0.4, 0.5) is 5.95 Å². The molecule has 182 valence electrons. The summed E-state index contributed by atoms with van der Waals surface area (Å²) in [5.41, 5.74) is 3.78. The highest BCUT2D eigenvalue weighted by Gasteiger charge is 2.25. The Bertz CT molecular complexity index is 1070. The number of nitrogens with one attached hydrogen (secondary N) is 2. The van der Waals surface area contributed by atoms with Crippen molar-refractivity contribution in [1.82, 2.24) is 34.9 Å². The van der Waals surface area contributed by atoms with Gasteiger partial charge in [-0.2, -0.15) is 15.2 Å². The van der Waals surface area contributed by atoms with Crippen LogP contribution < -0.4 is 10.6 Å². The van der Waals surface area contributed by atoms with Crippen molar-refractivity contribution in [2.75, 3.05) is 38.0 Å². The van der Waals surface area contributed by atoms with E-state index in [2.05, 4.69) is 60.5 Å². The molecule has 0 unspecified atom stereocenters. The summed E-state index contributed by atoms with van der Waals surface area (Å²) in [4.78, 5) is 11.9. The number of hydrogen-bond donors (Lipinski definition) is 3. The monoisotopic (exact) mass is 464 g/mol. The van der Waals surface area contributed by atoms with Crippen molar-refractivity contribution >= 4 is 17.0 Å². The molecule has 0 amide bonds. The number of aliphatic hydroxyl groups excluding tert-OH is 1. The Morgan fingerprint density at radius 3 is 2.68 bits per heavy atom. The Labute approximate surface area is 201 Å². The van der Waals surface area contributed by atoms with E-state index >= 15 is 0 Å². The maximum atomic E-state index is 10.0. The molecule has 0 atom stereocenters. The minimum Gasteiger partial charge on any atom is -0.393 e. The molecule has 2 aliphatic rings. The van der Waals surface area contributed by atoms with Crippen LogP contribution in [0.2, 0.25) is 0 Å². The van der Waals surface area contributed by atoms with Gasteiger partial charge >= 0.3 is 0 Å². The fourth-order valence-electron chi connectivity index (χ4n) is 5.00. The molecule has 3 aromatic rings. The smallest absolute Gasteiger partial charge is 0.224 e. The van der Waals surface area contributed by atoms with Crippen LogP contribution in [0.15, 0.2) is 24.5 Å². The molecule has 1 saturated heterocycles. The van der Waals surface area contributed by atoms with Crippen LogP contribution in [0, 0.1) is 0 Å². The minimum absolute atomic E-state index is 0.187. The van der Waals surface area contributed by atoms with Gasteiger partial charge in [-0.25, -0.2) is 4.98 Å². The molecule has 3 aromatic heterocycles. The van der Waals surface area contributed by atoms with E-state index in [-0.39, 0.29) is 6.10 Å². The molecule has 9 heteroatoms. The van der Waals surface area contributed by atoms with Crippen LogP contribution in [-0.4, -0.2) is 73.6 Å². The van der Waals surface area contributed by atoms with Crippen LogP contribution in [0.3, 0.4) is 0 Å². The molecule has 0 bridgehead atoms. The fourth-order valence-corrected chi connectivity index (χ4v) is 5.00. The molecule has 0 spiro atoms. The lowest BCUT2D eigenvalue weighted by atomic mass is 9.93. The fraction of sp³-hybridized carbons (Fsp3) is 0.600. The first-order chi connectivity index (χ1) is 16.7. The van der Waals surface area contributed by atoms with Gasteiger partial charge in [0.05, 0.1) is 17.5 Å². The average Bonchev–Trinajstić information content (AvgIpc) is 3.25. The van der Waals surface area contributed by atoms with E-state index in [0.29, 0.717) is 12.0 Å². The van der Waals surface area contributed by atoms with Gasteiger partial charge in [0.15, 0.2) is 0 Å². The van der Waals surface area contributed by atoms with Crippen LogP contribution in [0.25, 0.3) is 22.3 Å². The van der Waals surface area contributed by atoms with E-state index < -0.39 is 0 Å². The van der Waals surface area contributed by atoms with E-state index in [9.17, 15) is 5.11 Å². The normalized spacial score (nSPS) is 21.7. The molecule has 9 nitrogen and oxygen atoms in total. The Morgan fingerprint density at radius 2 is 1.94 bits per heavy atom. The van der Waals surface area contributed by atoms with Crippen molar-refractivity contribution in [3.63, 3.8) is 0 Å². The van der Waals surface area contributed by atoms with E-state index in [1.165, 1.54) is 0 Å². The molecule has 3 N–H and O–H groups in total. The highest BCUT2D eigenvalue weighted by Crippen LogP contribution is 2.36. The Balaban J connectivity index is 1.43. The first kappa shape index (κ1) is 23.1. The summed E-state index contributed by atoms with van der Waals surface area (Å²) in [6.45, 7) is 8.01. The lowest BCUT2D eigenvalue weighted by molar-refractivity contribution is 0.111. The van der Waals surface area contributed by atoms with Gasteiger partial charge < -0.3 is 20.3 Å². The van der Waals surface area contributed by atoms with Gasteiger partial charge in [-0.05, 0) is 44.2 Å². The van der Waals surface area contributed by atoms with Crippen LogP contribution in [-0.2, 0) is 6.54 Å². The summed E-state index contributed by atoms with van der Waals surface area (Å²) in [5, 5.41) is 26.9. The van der Waals surface area contributed by atoms with E-state index in [1.807, 2.05) is 6.20 Å². The predicted octanol–water partition coefficient (Wildman–Crippen LogP) is 2.98. The van der Waals surface area contributed by atoms with Gasteiger partial charge in [-0.15, -0.1) is 0 Å².